The maximum Gasteiger partial charge on any atom is 0.243 e. The first kappa shape index (κ1) is 17.0. The molecule has 1 aliphatic heterocycles. The van der Waals surface area contributed by atoms with E-state index in [1.54, 1.807) is 0 Å². The molecule has 0 unspecified atom stereocenters. The van der Waals surface area contributed by atoms with Crippen molar-refractivity contribution in [3.05, 3.63) is 0 Å². The van der Waals surface area contributed by atoms with E-state index in [-0.39, 0.29) is 5.91 Å². The van der Waals surface area contributed by atoms with E-state index < -0.39 is 5.41 Å². The molecule has 0 aromatic heterocycles. The van der Waals surface area contributed by atoms with Gasteiger partial charge < -0.3 is 9.80 Å². The van der Waals surface area contributed by atoms with Crippen molar-refractivity contribution in [1.29, 1.82) is 5.26 Å². The molecule has 114 valence electrons. The quantitative estimate of drug-likeness (QED) is 0.751. The molecule has 4 heteroatoms. The molecule has 1 fully saturated rings. The molecule has 1 heterocycles. The largest absolute Gasteiger partial charge is 0.341 e. The highest BCUT2D eigenvalue weighted by Gasteiger charge is 2.41. The lowest BCUT2D eigenvalue weighted by atomic mass is 9.79. The molecule has 0 atom stereocenters. The SMILES string of the molecule is CCCC(C#N)(CCC)C(=O)N(C)C1CCN(C)CC1. The number of carbonyl (C=O) groups is 1. The Morgan fingerprint density at radius 1 is 1.30 bits per heavy atom. The topological polar surface area (TPSA) is 47.3 Å². The number of carbonyl (C=O) groups excluding carboxylic acids is 1. The van der Waals surface area contributed by atoms with Gasteiger partial charge in [0.05, 0.1) is 6.07 Å². The van der Waals surface area contributed by atoms with Crippen LogP contribution in [0.15, 0.2) is 0 Å². The van der Waals surface area contributed by atoms with E-state index in [1.165, 1.54) is 0 Å². The summed E-state index contributed by atoms with van der Waals surface area (Å²) in [6.45, 7) is 6.15. The van der Waals surface area contributed by atoms with Gasteiger partial charge in [-0.05, 0) is 45.8 Å². The molecule has 0 aliphatic carbocycles. The summed E-state index contributed by atoms with van der Waals surface area (Å²) in [6.07, 6.45) is 5.12. The fourth-order valence-electron chi connectivity index (χ4n) is 3.24. The Balaban J connectivity index is 2.80. The van der Waals surface area contributed by atoms with Crippen LogP contribution in [0.1, 0.15) is 52.4 Å². The van der Waals surface area contributed by atoms with Crippen LogP contribution in [0.3, 0.4) is 0 Å². The van der Waals surface area contributed by atoms with E-state index in [4.69, 9.17) is 0 Å². The second-order valence-electron chi connectivity index (χ2n) is 6.14. The van der Waals surface area contributed by atoms with Gasteiger partial charge in [0.15, 0.2) is 0 Å². The molecular weight excluding hydrogens is 250 g/mol. The van der Waals surface area contributed by atoms with Crippen molar-refractivity contribution < 1.29 is 4.79 Å². The number of piperidine rings is 1. The third-order valence-electron chi connectivity index (χ3n) is 4.53. The molecule has 0 radical (unpaired) electrons. The first-order chi connectivity index (χ1) is 9.50. The van der Waals surface area contributed by atoms with Crippen molar-refractivity contribution in [2.75, 3.05) is 27.2 Å². The van der Waals surface area contributed by atoms with Crippen molar-refractivity contribution in [1.82, 2.24) is 9.80 Å². The summed E-state index contributed by atoms with van der Waals surface area (Å²) in [7, 11) is 4.00. The zero-order valence-corrected chi connectivity index (χ0v) is 13.5. The summed E-state index contributed by atoms with van der Waals surface area (Å²) in [5.41, 5.74) is -0.804. The molecule has 0 N–H and O–H groups in total. The Labute approximate surface area is 123 Å². The molecule has 1 rings (SSSR count). The number of hydrogen-bond donors (Lipinski definition) is 0. The summed E-state index contributed by atoms with van der Waals surface area (Å²) in [5.74, 6) is 0.0400. The molecular formula is C16H29N3O. The number of hydrogen-bond acceptors (Lipinski definition) is 3. The van der Waals surface area contributed by atoms with Gasteiger partial charge in [0, 0.05) is 13.1 Å². The number of nitrogens with zero attached hydrogens (tertiary/aromatic N) is 3. The molecule has 20 heavy (non-hydrogen) atoms. The van der Waals surface area contributed by atoms with Crippen LogP contribution < -0.4 is 0 Å². The number of amides is 1. The second-order valence-corrected chi connectivity index (χ2v) is 6.14. The molecule has 4 nitrogen and oxygen atoms in total. The lowest BCUT2D eigenvalue weighted by molar-refractivity contribution is -0.141. The Morgan fingerprint density at radius 3 is 2.20 bits per heavy atom. The average molecular weight is 279 g/mol. The monoisotopic (exact) mass is 279 g/mol. The van der Waals surface area contributed by atoms with Gasteiger partial charge in [-0.2, -0.15) is 5.26 Å². The maximum absolute atomic E-state index is 12.8. The van der Waals surface area contributed by atoms with Crippen LogP contribution >= 0.6 is 0 Å². The fourth-order valence-corrected chi connectivity index (χ4v) is 3.24. The lowest BCUT2D eigenvalue weighted by Crippen LogP contribution is -2.49. The van der Waals surface area contributed by atoms with Crippen molar-refractivity contribution >= 4 is 5.91 Å². The van der Waals surface area contributed by atoms with Crippen molar-refractivity contribution in [2.24, 2.45) is 5.41 Å². The highest BCUT2D eigenvalue weighted by Crippen LogP contribution is 2.32. The highest BCUT2D eigenvalue weighted by atomic mass is 16.2. The van der Waals surface area contributed by atoms with Gasteiger partial charge in [0.2, 0.25) is 5.91 Å². The van der Waals surface area contributed by atoms with Gasteiger partial charge in [0.25, 0.3) is 0 Å². The lowest BCUT2D eigenvalue weighted by Gasteiger charge is -2.38. The highest BCUT2D eigenvalue weighted by molar-refractivity contribution is 5.85. The smallest absolute Gasteiger partial charge is 0.243 e. The Hall–Kier alpha value is -1.08. The molecule has 0 bridgehead atoms. The minimum absolute atomic E-state index is 0.0400. The van der Waals surface area contributed by atoms with E-state index in [0.29, 0.717) is 18.9 Å². The summed E-state index contributed by atoms with van der Waals surface area (Å²) < 4.78 is 0. The molecule has 0 saturated carbocycles. The van der Waals surface area contributed by atoms with Crippen molar-refractivity contribution in [3.8, 4) is 6.07 Å². The van der Waals surface area contributed by atoms with Crippen molar-refractivity contribution in [3.63, 3.8) is 0 Å². The first-order valence-corrected chi connectivity index (χ1v) is 7.87. The molecule has 0 aromatic carbocycles. The van der Waals surface area contributed by atoms with Crippen LogP contribution in [0.2, 0.25) is 0 Å². The second kappa shape index (κ2) is 7.64. The van der Waals surface area contributed by atoms with Gasteiger partial charge in [-0.3, -0.25) is 4.79 Å². The van der Waals surface area contributed by atoms with E-state index in [9.17, 15) is 10.1 Å². The molecule has 0 aromatic rings. The fraction of sp³-hybridized carbons (Fsp3) is 0.875. The van der Waals surface area contributed by atoms with Gasteiger partial charge in [-0.25, -0.2) is 0 Å². The van der Waals surface area contributed by atoms with Gasteiger partial charge >= 0.3 is 0 Å². The summed E-state index contributed by atoms with van der Waals surface area (Å²) >= 11 is 0. The zero-order valence-electron chi connectivity index (χ0n) is 13.5. The van der Waals surface area contributed by atoms with Crippen LogP contribution in [-0.2, 0) is 4.79 Å². The van der Waals surface area contributed by atoms with Crippen LogP contribution in [0, 0.1) is 16.7 Å². The number of nitriles is 1. The predicted molar refractivity (Wildman–Crippen MR) is 81.2 cm³/mol. The average Bonchev–Trinajstić information content (AvgIpc) is 2.46. The minimum Gasteiger partial charge on any atom is -0.341 e. The zero-order chi connectivity index (χ0) is 15.2. The van der Waals surface area contributed by atoms with Crippen molar-refractivity contribution in [2.45, 2.75) is 58.4 Å². The van der Waals surface area contributed by atoms with E-state index in [2.05, 4.69) is 18.0 Å². The van der Waals surface area contributed by atoms with Crippen LogP contribution in [0.25, 0.3) is 0 Å². The van der Waals surface area contributed by atoms with Crippen LogP contribution in [0.5, 0.6) is 0 Å². The Morgan fingerprint density at radius 2 is 1.80 bits per heavy atom. The third-order valence-corrected chi connectivity index (χ3v) is 4.53. The van der Waals surface area contributed by atoms with Gasteiger partial charge in [0.1, 0.15) is 5.41 Å². The van der Waals surface area contributed by atoms with Crippen LogP contribution in [0.4, 0.5) is 0 Å². The number of rotatable bonds is 6. The van der Waals surface area contributed by atoms with E-state index in [0.717, 1.165) is 38.8 Å². The molecule has 1 amide bonds. The summed E-state index contributed by atoms with van der Waals surface area (Å²) in [4.78, 5) is 17.0. The Kier molecular flexibility index (Phi) is 6.48. The van der Waals surface area contributed by atoms with Gasteiger partial charge in [-0.15, -0.1) is 0 Å². The predicted octanol–water partition coefficient (Wildman–Crippen LogP) is 2.65. The van der Waals surface area contributed by atoms with E-state index in [1.807, 2.05) is 25.8 Å². The maximum atomic E-state index is 12.8. The molecule has 1 saturated heterocycles. The van der Waals surface area contributed by atoms with Gasteiger partial charge in [-0.1, -0.05) is 26.7 Å². The summed E-state index contributed by atoms with van der Waals surface area (Å²) in [5, 5.41) is 9.59. The third kappa shape index (κ3) is 3.73. The summed E-state index contributed by atoms with van der Waals surface area (Å²) in [6, 6.07) is 2.64. The van der Waals surface area contributed by atoms with Crippen LogP contribution in [-0.4, -0.2) is 48.9 Å². The normalized spacial score (nSPS) is 17.8. The first-order valence-electron chi connectivity index (χ1n) is 7.87. The molecule has 0 spiro atoms. The van der Waals surface area contributed by atoms with E-state index >= 15 is 0 Å². The molecule has 1 aliphatic rings. The standard InChI is InChI=1S/C16H29N3O/c1-5-9-16(13-17,10-6-2)15(20)19(4)14-7-11-18(3)12-8-14/h14H,5-12H2,1-4H3. The minimum atomic E-state index is -0.804. The Bertz CT molecular complexity index is 347. The number of likely N-dealkylation sites (tertiary alicyclic amines) is 1.